The molecule has 4 heteroatoms. The molecule has 0 bridgehead atoms. The molecule has 0 amide bonds. The van der Waals surface area contributed by atoms with Gasteiger partial charge in [0.2, 0.25) is 0 Å². The largest absolute Gasteiger partial charge is 0.374 e. The molecule has 0 radical (unpaired) electrons. The van der Waals surface area contributed by atoms with Crippen LogP contribution in [0.1, 0.15) is 45.1 Å². The van der Waals surface area contributed by atoms with Gasteiger partial charge in [0, 0.05) is 19.0 Å². The quantitative estimate of drug-likeness (QED) is 0.619. The number of hydrogen-bond donors (Lipinski definition) is 2. The highest BCUT2D eigenvalue weighted by molar-refractivity contribution is 5.13. The second kappa shape index (κ2) is 7.16. The van der Waals surface area contributed by atoms with Gasteiger partial charge in [-0.1, -0.05) is 25.8 Å². The SMILES string of the molecule is CCOC1(C(Cc2cccnc2)NN)CCCC(C)C1. The van der Waals surface area contributed by atoms with Gasteiger partial charge in [-0.2, -0.15) is 0 Å². The molecule has 112 valence electrons. The third-order valence-corrected chi connectivity index (χ3v) is 4.42. The molecule has 0 aromatic carbocycles. The predicted molar refractivity (Wildman–Crippen MR) is 81.0 cm³/mol. The van der Waals surface area contributed by atoms with Crippen LogP contribution in [0.2, 0.25) is 0 Å². The number of nitrogens with one attached hydrogen (secondary N) is 1. The molecule has 1 aromatic rings. The molecule has 1 fully saturated rings. The lowest BCUT2D eigenvalue weighted by Gasteiger charge is -2.45. The van der Waals surface area contributed by atoms with Crippen LogP contribution in [0.25, 0.3) is 0 Å². The Balaban J connectivity index is 2.16. The Hall–Kier alpha value is -0.970. The lowest BCUT2D eigenvalue weighted by Crippen LogP contribution is -2.57. The van der Waals surface area contributed by atoms with Crippen molar-refractivity contribution in [2.75, 3.05) is 6.61 Å². The Morgan fingerprint density at radius 2 is 2.45 bits per heavy atom. The van der Waals surface area contributed by atoms with E-state index in [1.807, 2.05) is 12.3 Å². The van der Waals surface area contributed by atoms with Crippen molar-refractivity contribution in [3.8, 4) is 0 Å². The van der Waals surface area contributed by atoms with Crippen molar-refractivity contribution < 1.29 is 4.74 Å². The van der Waals surface area contributed by atoms with E-state index in [4.69, 9.17) is 10.6 Å². The minimum absolute atomic E-state index is 0.134. The molecular weight excluding hydrogens is 250 g/mol. The topological polar surface area (TPSA) is 60.2 Å². The van der Waals surface area contributed by atoms with Gasteiger partial charge in [0.05, 0.1) is 11.6 Å². The smallest absolute Gasteiger partial charge is 0.0853 e. The van der Waals surface area contributed by atoms with Gasteiger partial charge in [-0.25, -0.2) is 0 Å². The zero-order valence-electron chi connectivity index (χ0n) is 12.6. The maximum atomic E-state index is 6.20. The van der Waals surface area contributed by atoms with Crippen LogP contribution in [-0.4, -0.2) is 23.2 Å². The van der Waals surface area contributed by atoms with Crippen molar-refractivity contribution in [3.05, 3.63) is 30.1 Å². The average Bonchev–Trinajstić information content (AvgIpc) is 2.46. The monoisotopic (exact) mass is 277 g/mol. The molecule has 1 aromatic heterocycles. The zero-order valence-corrected chi connectivity index (χ0v) is 12.6. The number of aromatic nitrogens is 1. The summed E-state index contributed by atoms with van der Waals surface area (Å²) in [4.78, 5) is 4.19. The van der Waals surface area contributed by atoms with Crippen LogP contribution in [0.5, 0.6) is 0 Å². The summed E-state index contributed by atoms with van der Waals surface area (Å²) in [5, 5.41) is 0. The Kier molecular flexibility index (Phi) is 5.52. The van der Waals surface area contributed by atoms with E-state index in [0.717, 1.165) is 25.9 Å². The number of nitrogens with two attached hydrogens (primary N) is 1. The normalized spacial score (nSPS) is 28.2. The summed E-state index contributed by atoms with van der Waals surface area (Å²) in [7, 11) is 0. The van der Waals surface area contributed by atoms with Crippen molar-refractivity contribution in [1.82, 2.24) is 10.4 Å². The fraction of sp³-hybridized carbons (Fsp3) is 0.688. The van der Waals surface area contributed by atoms with Crippen molar-refractivity contribution in [1.29, 1.82) is 0 Å². The average molecular weight is 277 g/mol. The number of hydrazine groups is 1. The van der Waals surface area contributed by atoms with E-state index in [2.05, 4.69) is 30.3 Å². The summed E-state index contributed by atoms with van der Waals surface area (Å²) in [6.07, 6.45) is 9.24. The lowest BCUT2D eigenvalue weighted by atomic mass is 9.73. The summed E-state index contributed by atoms with van der Waals surface area (Å²) in [5.41, 5.74) is 4.07. The molecule has 3 atom stereocenters. The van der Waals surface area contributed by atoms with Gasteiger partial charge in [0.15, 0.2) is 0 Å². The highest BCUT2D eigenvalue weighted by Crippen LogP contribution is 2.38. The Morgan fingerprint density at radius 3 is 3.05 bits per heavy atom. The number of hydrogen-bond acceptors (Lipinski definition) is 4. The summed E-state index contributed by atoms with van der Waals surface area (Å²) >= 11 is 0. The molecule has 3 unspecified atom stereocenters. The van der Waals surface area contributed by atoms with Crippen LogP contribution in [0.4, 0.5) is 0 Å². The third kappa shape index (κ3) is 3.57. The first-order valence-electron chi connectivity index (χ1n) is 7.69. The van der Waals surface area contributed by atoms with Crippen molar-refractivity contribution >= 4 is 0 Å². The molecule has 1 aliphatic carbocycles. The van der Waals surface area contributed by atoms with Crippen molar-refractivity contribution in [2.45, 2.75) is 57.6 Å². The Morgan fingerprint density at radius 1 is 1.60 bits per heavy atom. The molecular formula is C16H27N3O. The third-order valence-electron chi connectivity index (χ3n) is 4.42. The Labute approximate surface area is 122 Å². The standard InChI is InChI=1S/C16H27N3O/c1-3-20-16(8-4-6-13(2)11-16)15(19-17)10-14-7-5-9-18-12-14/h5,7,9,12-13,15,19H,3-4,6,8,10-11,17H2,1-2H3. The second-order valence-corrected chi connectivity index (χ2v) is 5.98. The minimum atomic E-state index is -0.142. The summed E-state index contributed by atoms with van der Waals surface area (Å²) in [6, 6.07) is 4.21. The molecule has 0 aliphatic heterocycles. The first-order valence-corrected chi connectivity index (χ1v) is 7.69. The van der Waals surface area contributed by atoms with E-state index in [-0.39, 0.29) is 11.6 Å². The number of ether oxygens (including phenoxy) is 1. The van der Waals surface area contributed by atoms with Crippen LogP contribution in [0.15, 0.2) is 24.5 Å². The lowest BCUT2D eigenvalue weighted by molar-refractivity contribution is -0.100. The van der Waals surface area contributed by atoms with Crippen LogP contribution in [0, 0.1) is 5.92 Å². The molecule has 1 aliphatic rings. The molecule has 0 spiro atoms. The van der Waals surface area contributed by atoms with E-state index < -0.39 is 0 Å². The highest BCUT2D eigenvalue weighted by Gasteiger charge is 2.42. The zero-order chi connectivity index (χ0) is 14.4. The summed E-state index contributed by atoms with van der Waals surface area (Å²) < 4.78 is 6.20. The van der Waals surface area contributed by atoms with Gasteiger partial charge < -0.3 is 4.74 Å². The molecule has 2 rings (SSSR count). The molecule has 1 saturated carbocycles. The minimum Gasteiger partial charge on any atom is -0.374 e. The molecule has 1 heterocycles. The number of pyridine rings is 1. The van der Waals surface area contributed by atoms with Gasteiger partial charge >= 0.3 is 0 Å². The van der Waals surface area contributed by atoms with E-state index >= 15 is 0 Å². The molecule has 20 heavy (non-hydrogen) atoms. The first kappa shape index (κ1) is 15.4. The van der Waals surface area contributed by atoms with E-state index in [0.29, 0.717) is 5.92 Å². The number of nitrogens with zero attached hydrogens (tertiary/aromatic N) is 1. The molecule has 3 N–H and O–H groups in total. The van der Waals surface area contributed by atoms with Gasteiger partial charge in [-0.05, 0) is 43.7 Å². The van der Waals surface area contributed by atoms with Gasteiger partial charge in [-0.15, -0.1) is 0 Å². The number of rotatable bonds is 6. The van der Waals surface area contributed by atoms with Crippen LogP contribution in [-0.2, 0) is 11.2 Å². The maximum absolute atomic E-state index is 6.20. The van der Waals surface area contributed by atoms with Crippen LogP contribution >= 0.6 is 0 Å². The maximum Gasteiger partial charge on any atom is 0.0853 e. The fourth-order valence-corrected chi connectivity index (χ4v) is 3.53. The van der Waals surface area contributed by atoms with E-state index in [9.17, 15) is 0 Å². The van der Waals surface area contributed by atoms with Gasteiger partial charge in [-0.3, -0.25) is 16.3 Å². The van der Waals surface area contributed by atoms with E-state index in [1.54, 1.807) is 6.20 Å². The molecule has 0 saturated heterocycles. The summed E-state index contributed by atoms with van der Waals surface area (Å²) in [5.74, 6) is 6.56. The molecule has 4 nitrogen and oxygen atoms in total. The second-order valence-electron chi connectivity index (χ2n) is 5.98. The highest BCUT2D eigenvalue weighted by atomic mass is 16.5. The van der Waals surface area contributed by atoms with Crippen molar-refractivity contribution in [2.24, 2.45) is 11.8 Å². The first-order chi connectivity index (χ1) is 9.70. The van der Waals surface area contributed by atoms with E-state index in [1.165, 1.54) is 18.4 Å². The van der Waals surface area contributed by atoms with Crippen molar-refractivity contribution in [3.63, 3.8) is 0 Å². The van der Waals surface area contributed by atoms with Gasteiger partial charge in [0.25, 0.3) is 0 Å². The fourth-order valence-electron chi connectivity index (χ4n) is 3.53. The van der Waals surface area contributed by atoms with Crippen LogP contribution in [0.3, 0.4) is 0 Å². The van der Waals surface area contributed by atoms with Crippen LogP contribution < -0.4 is 11.3 Å². The Bertz CT molecular complexity index is 394. The summed E-state index contributed by atoms with van der Waals surface area (Å²) in [6.45, 7) is 5.11. The van der Waals surface area contributed by atoms with Gasteiger partial charge in [0.1, 0.15) is 0 Å². The predicted octanol–water partition coefficient (Wildman–Crippen LogP) is 2.44.